The van der Waals surface area contributed by atoms with Gasteiger partial charge in [-0.25, -0.2) is 4.39 Å². The van der Waals surface area contributed by atoms with Crippen molar-refractivity contribution in [2.45, 2.75) is 26.3 Å². The molecule has 0 bridgehead atoms. The number of halogens is 2. The van der Waals surface area contributed by atoms with E-state index in [1.54, 1.807) is 19.1 Å². The van der Waals surface area contributed by atoms with Crippen molar-refractivity contribution in [1.29, 1.82) is 0 Å². The van der Waals surface area contributed by atoms with Crippen LogP contribution in [-0.4, -0.2) is 29.1 Å². The summed E-state index contributed by atoms with van der Waals surface area (Å²) in [6, 6.07) is 4.85. The number of aliphatic carboxylic acids is 1. The number of hydrogen-bond donors (Lipinski definition) is 1. The number of hydrogen-bond acceptors (Lipinski definition) is 2. The number of likely N-dealkylation sites (tertiary alicyclic amines) is 1. The van der Waals surface area contributed by atoms with Gasteiger partial charge in [0.2, 0.25) is 0 Å². The van der Waals surface area contributed by atoms with E-state index < -0.39 is 11.4 Å². The molecule has 2 rings (SSSR count). The van der Waals surface area contributed by atoms with E-state index in [0.717, 1.165) is 17.4 Å². The van der Waals surface area contributed by atoms with Crippen molar-refractivity contribution in [2.75, 3.05) is 13.1 Å². The molecule has 1 aliphatic rings. The third-order valence-electron chi connectivity index (χ3n) is 3.69. The third-order valence-corrected chi connectivity index (χ3v) is 4.19. The molecule has 5 heteroatoms. The summed E-state index contributed by atoms with van der Waals surface area (Å²) in [6.45, 7) is 3.50. The Hall–Kier alpha value is -0.940. The highest BCUT2D eigenvalue weighted by Gasteiger charge is 2.37. The van der Waals surface area contributed by atoms with Gasteiger partial charge < -0.3 is 5.11 Å². The maximum absolute atomic E-state index is 13.7. The Morgan fingerprint density at radius 2 is 2.32 bits per heavy atom. The van der Waals surface area contributed by atoms with Gasteiger partial charge in [0.05, 0.1) is 5.41 Å². The van der Waals surface area contributed by atoms with E-state index in [0.29, 0.717) is 25.1 Å². The van der Waals surface area contributed by atoms with Crippen LogP contribution in [0.4, 0.5) is 4.39 Å². The molecule has 1 N–H and O–H groups in total. The maximum atomic E-state index is 13.7. The van der Waals surface area contributed by atoms with Crippen molar-refractivity contribution in [1.82, 2.24) is 4.90 Å². The van der Waals surface area contributed by atoms with Crippen LogP contribution in [-0.2, 0) is 11.3 Å². The second kappa shape index (κ2) is 5.59. The SMILES string of the molecule is CC1(C(=O)O)CCCN(Cc2cc(Br)ccc2F)C1. The molecule has 1 aliphatic heterocycles. The molecular formula is C14H17BrFNO2. The normalized spacial score (nSPS) is 24.4. The number of carbonyl (C=O) groups is 1. The summed E-state index contributed by atoms with van der Waals surface area (Å²) in [7, 11) is 0. The van der Waals surface area contributed by atoms with Gasteiger partial charge in [-0.2, -0.15) is 0 Å². The van der Waals surface area contributed by atoms with Crippen LogP contribution in [0.2, 0.25) is 0 Å². The lowest BCUT2D eigenvalue weighted by atomic mass is 9.82. The quantitative estimate of drug-likeness (QED) is 0.925. The van der Waals surface area contributed by atoms with Gasteiger partial charge in [-0.1, -0.05) is 15.9 Å². The number of piperidine rings is 1. The Bertz CT molecular complexity index is 494. The fourth-order valence-corrected chi connectivity index (χ4v) is 2.97. The minimum absolute atomic E-state index is 0.245. The van der Waals surface area contributed by atoms with E-state index in [-0.39, 0.29) is 5.82 Å². The summed E-state index contributed by atoms with van der Waals surface area (Å²) in [5, 5.41) is 9.27. The van der Waals surface area contributed by atoms with Crippen molar-refractivity contribution in [3.63, 3.8) is 0 Å². The minimum atomic E-state index is -0.771. The standard InChI is InChI=1S/C14H17BrFNO2/c1-14(13(18)19)5-2-6-17(9-14)8-10-7-11(15)3-4-12(10)16/h3-4,7H,2,5-6,8-9H2,1H3,(H,18,19). The van der Waals surface area contributed by atoms with Gasteiger partial charge in [0.15, 0.2) is 0 Å². The van der Waals surface area contributed by atoms with E-state index in [1.165, 1.54) is 6.07 Å². The van der Waals surface area contributed by atoms with Crippen molar-refractivity contribution in [2.24, 2.45) is 5.41 Å². The van der Waals surface area contributed by atoms with Gasteiger partial charge in [0.1, 0.15) is 5.82 Å². The van der Waals surface area contributed by atoms with Crippen LogP contribution in [0.5, 0.6) is 0 Å². The molecule has 0 spiro atoms. The van der Waals surface area contributed by atoms with E-state index >= 15 is 0 Å². The fraction of sp³-hybridized carbons (Fsp3) is 0.500. The molecule has 19 heavy (non-hydrogen) atoms. The van der Waals surface area contributed by atoms with Crippen LogP contribution in [0.25, 0.3) is 0 Å². The average Bonchev–Trinajstić information content (AvgIpc) is 2.34. The molecule has 1 aromatic carbocycles. The number of benzene rings is 1. The highest BCUT2D eigenvalue weighted by atomic mass is 79.9. The Morgan fingerprint density at radius 3 is 3.00 bits per heavy atom. The average molecular weight is 330 g/mol. The van der Waals surface area contributed by atoms with Gasteiger partial charge >= 0.3 is 5.97 Å². The highest BCUT2D eigenvalue weighted by molar-refractivity contribution is 9.10. The fourth-order valence-electron chi connectivity index (χ4n) is 2.56. The predicted molar refractivity (Wildman–Crippen MR) is 74.4 cm³/mol. The third kappa shape index (κ3) is 3.34. The van der Waals surface area contributed by atoms with E-state index in [9.17, 15) is 14.3 Å². The first kappa shape index (κ1) is 14.5. The Morgan fingerprint density at radius 1 is 1.58 bits per heavy atom. The molecular weight excluding hydrogens is 313 g/mol. The maximum Gasteiger partial charge on any atom is 0.310 e. The van der Waals surface area contributed by atoms with Crippen LogP contribution in [0.1, 0.15) is 25.3 Å². The molecule has 1 unspecified atom stereocenters. The summed E-state index contributed by atoms with van der Waals surface area (Å²) in [6.07, 6.45) is 1.51. The first-order chi connectivity index (χ1) is 8.90. The second-order valence-electron chi connectivity index (χ2n) is 5.42. The van der Waals surface area contributed by atoms with Gasteiger partial charge in [-0.05, 0) is 44.5 Å². The van der Waals surface area contributed by atoms with Crippen LogP contribution in [0.3, 0.4) is 0 Å². The monoisotopic (exact) mass is 329 g/mol. The van der Waals surface area contributed by atoms with Gasteiger partial charge in [-0.15, -0.1) is 0 Å². The molecule has 0 saturated carbocycles. The molecule has 0 amide bonds. The number of nitrogens with zero attached hydrogens (tertiary/aromatic N) is 1. The van der Waals surface area contributed by atoms with Crippen LogP contribution >= 0.6 is 15.9 Å². The largest absolute Gasteiger partial charge is 0.481 e. The van der Waals surface area contributed by atoms with Crippen molar-refractivity contribution >= 4 is 21.9 Å². The Balaban J connectivity index is 2.11. The van der Waals surface area contributed by atoms with Gasteiger partial charge in [-0.3, -0.25) is 9.69 Å². The van der Waals surface area contributed by atoms with E-state index in [4.69, 9.17) is 0 Å². The lowest BCUT2D eigenvalue weighted by Gasteiger charge is -2.37. The molecule has 1 fully saturated rings. The predicted octanol–water partition coefficient (Wildman–Crippen LogP) is 3.27. The Kier molecular flexibility index (Phi) is 4.26. The second-order valence-corrected chi connectivity index (χ2v) is 6.33. The molecule has 1 saturated heterocycles. The number of carboxylic acid groups (broad SMARTS) is 1. The zero-order valence-corrected chi connectivity index (χ0v) is 12.4. The molecule has 0 aliphatic carbocycles. The molecule has 0 radical (unpaired) electrons. The first-order valence-electron chi connectivity index (χ1n) is 6.30. The van der Waals surface area contributed by atoms with Crippen molar-refractivity contribution < 1.29 is 14.3 Å². The summed E-state index contributed by atoms with van der Waals surface area (Å²) in [4.78, 5) is 13.3. The molecule has 1 heterocycles. The summed E-state index contributed by atoms with van der Waals surface area (Å²) in [5.41, 5.74) is -0.121. The smallest absolute Gasteiger partial charge is 0.310 e. The lowest BCUT2D eigenvalue weighted by Crippen LogP contribution is -2.45. The summed E-state index contributed by atoms with van der Waals surface area (Å²) in [5.74, 6) is -1.02. The number of carboxylic acids is 1. The van der Waals surface area contributed by atoms with Crippen molar-refractivity contribution in [3.8, 4) is 0 Å². The molecule has 1 atom stereocenters. The van der Waals surface area contributed by atoms with E-state index in [1.807, 2.05) is 4.90 Å². The lowest BCUT2D eigenvalue weighted by molar-refractivity contribution is -0.151. The molecule has 104 valence electrons. The van der Waals surface area contributed by atoms with Crippen LogP contribution in [0.15, 0.2) is 22.7 Å². The van der Waals surface area contributed by atoms with Crippen LogP contribution in [0, 0.1) is 11.2 Å². The first-order valence-corrected chi connectivity index (χ1v) is 7.10. The summed E-state index contributed by atoms with van der Waals surface area (Å²) >= 11 is 3.33. The minimum Gasteiger partial charge on any atom is -0.481 e. The van der Waals surface area contributed by atoms with Gasteiger partial charge in [0, 0.05) is 23.1 Å². The van der Waals surface area contributed by atoms with E-state index in [2.05, 4.69) is 15.9 Å². The number of rotatable bonds is 3. The van der Waals surface area contributed by atoms with Crippen LogP contribution < -0.4 is 0 Å². The Labute approximate surface area is 120 Å². The molecule has 1 aromatic rings. The highest BCUT2D eigenvalue weighted by Crippen LogP contribution is 2.31. The van der Waals surface area contributed by atoms with Crippen molar-refractivity contribution in [3.05, 3.63) is 34.1 Å². The molecule has 3 nitrogen and oxygen atoms in total. The summed E-state index contributed by atoms with van der Waals surface area (Å²) < 4.78 is 14.5. The zero-order valence-electron chi connectivity index (χ0n) is 10.8. The van der Waals surface area contributed by atoms with Gasteiger partial charge in [0.25, 0.3) is 0 Å². The zero-order chi connectivity index (χ0) is 14.0. The topological polar surface area (TPSA) is 40.5 Å². The molecule has 0 aromatic heterocycles.